The lowest BCUT2D eigenvalue weighted by Crippen LogP contribution is -2.44. The minimum Gasteiger partial charge on any atom is -0.371 e. The first-order valence-corrected chi connectivity index (χ1v) is 11.8. The Balaban J connectivity index is 1.50. The molecule has 4 rings (SSSR count). The molecule has 2 aromatic carbocycles. The maximum Gasteiger partial charge on any atom is 0.227 e. The van der Waals surface area contributed by atoms with Gasteiger partial charge in [0.25, 0.3) is 0 Å². The molecule has 1 amide bonds. The first kappa shape index (κ1) is 23.5. The maximum absolute atomic E-state index is 13.6. The first-order valence-electron chi connectivity index (χ1n) is 11.4. The fourth-order valence-electron chi connectivity index (χ4n) is 4.46. The molecule has 0 aliphatic carbocycles. The molecule has 1 N–H and O–H groups in total. The minimum atomic E-state index is -0.312. The zero-order valence-electron chi connectivity index (χ0n) is 19.4. The van der Waals surface area contributed by atoms with Crippen LogP contribution in [-0.4, -0.2) is 73.0 Å². The van der Waals surface area contributed by atoms with Gasteiger partial charge >= 0.3 is 0 Å². The summed E-state index contributed by atoms with van der Waals surface area (Å²) >= 11 is 6.50. The summed E-state index contributed by atoms with van der Waals surface area (Å²) in [6.07, 6.45) is 2.83. The van der Waals surface area contributed by atoms with Crippen LogP contribution in [0.15, 0.2) is 36.4 Å². The summed E-state index contributed by atoms with van der Waals surface area (Å²) < 4.78 is 13.6. The molecule has 0 bridgehead atoms. The number of benzene rings is 2. The molecule has 0 spiro atoms. The van der Waals surface area contributed by atoms with Gasteiger partial charge in [0, 0.05) is 37.9 Å². The van der Waals surface area contributed by atoms with Crippen molar-refractivity contribution in [2.45, 2.75) is 19.3 Å². The largest absolute Gasteiger partial charge is 0.371 e. The Kier molecular flexibility index (Phi) is 7.20. The van der Waals surface area contributed by atoms with Crippen LogP contribution in [0.4, 0.5) is 10.1 Å². The quantitative estimate of drug-likeness (QED) is 0.545. The van der Waals surface area contributed by atoms with Gasteiger partial charge in [-0.2, -0.15) is 0 Å². The molecule has 0 radical (unpaired) electrons. The van der Waals surface area contributed by atoms with Crippen LogP contribution >= 0.6 is 11.6 Å². The summed E-state index contributed by atoms with van der Waals surface area (Å²) in [7, 11) is 6.00. The number of piperidine rings is 1. The van der Waals surface area contributed by atoms with E-state index in [0.29, 0.717) is 28.4 Å². The van der Waals surface area contributed by atoms with Crippen LogP contribution in [-0.2, 0) is 4.79 Å². The Hall–Kier alpha value is -2.64. The van der Waals surface area contributed by atoms with Crippen molar-refractivity contribution >= 4 is 34.2 Å². The molecule has 1 aliphatic heterocycles. The smallest absolute Gasteiger partial charge is 0.227 e. The van der Waals surface area contributed by atoms with Crippen LogP contribution in [0.5, 0.6) is 0 Å². The number of imidazole rings is 1. The minimum absolute atomic E-state index is 0.0172. The molecular formula is C25H31ClFN5O. The lowest BCUT2D eigenvalue weighted by Gasteiger charge is -2.35. The Morgan fingerprint density at radius 1 is 1.21 bits per heavy atom. The van der Waals surface area contributed by atoms with E-state index in [0.717, 1.165) is 50.1 Å². The number of aromatic nitrogens is 2. The average molecular weight is 472 g/mol. The van der Waals surface area contributed by atoms with Crippen molar-refractivity contribution in [2.75, 3.05) is 52.2 Å². The van der Waals surface area contributed by atoms with Crippen molar-refractivity contribution < 1.29 is 9.18 Å². The number of carbonyl (C=O) groups excluding carboxylic acids is 1. The molecule has 33 heavy (non-hydrogen) atoms. The molecule has 1 aromatic heterocycles. The second-order valence-electron chi connectivity index (χ2n) is 9.11. The van der Waals surface area contributed by atoms with E-state index < -0.39 is 0 Å². The van der Waals surface area contributed by atoms with E-state index in [4.69, 9.17) is 11.6 Å². The van der Waals surface area contributed by atoms with Gasteiger partial charge in [0.2, 0.25) is 5.91 Å². The van der Waals surface area contributed by atoms with Gasteiger partial charge in [0.1, 0.15) is 11.6 Å². The molecule has 1 atom stereocenters. The van der Waals surface area contributed by atoms with Crippen molar-refractivity contribution in [1.82, 2.24) is 19.8 Å². The summed E-state index contributed by atoms with van der Waals surface area (Å²) in [5.41, 5.74) is 3.09. The van der Waals surface area contributed by atoms with E-state index in [1.807, 2.05) is 44.2 Å². The van der Waals surface area contributed by atoms with E-state index >= 15 is 0 Å². The predicted molar refractivity (Wildman–Crippen MR) is 132 cm³/mol. The van der Waals surface area contributed by atoms with Crippen molar-refractivity contribution in [1.29, 1.82) is 0 Å². The van der Waals surface area contributed by atoms with Crippen LogP contribution in [0.2, 0.25) is 5.02 Å². The number of hydrogen-bond donors (Lipinski definition) is 1. The van der Waals surface area contributed by atoms with Gasteiger partial charge in [0.15, 0.2) is 0 Å². The third-order valence-electron chi connectivity index (χ3n) is 6.26. The lowest BCUT2D eigenvalue weighted by atomic mass is 9.95. The molecular weight excluding hydrogens is 441 g/mol. The first-order chi connectivity index (χ1) is 15.8. The third-order valence-corrected chi connectivity index (χ3v) is 6.59. The summed E-state index contributed by atoms with van der Waals surface area (Å²) in [6, 6.07) is 10.3. The maximum atomic E-state index is 13.6. The van der Waals surface area contributed by atoms with Gasteiger partial charge in [-0.1, -0.05) is 11.6 Å². The SMILES string of the molecule is CN(C)CCCN(C)C(=O)[C@@H]1CCCN(c2ccc(Cl)c(-c3nc4ccc(F)cc4[nH]3)c2)C1. The van der Waals surface area contributed by atoms with Crippen LogP contribution in [0.1, 0.15) is 19.3 Å². The Bertz CT molecular complexity index is 1130. The zero-order chi connectivity index (χ0) is 23.5. The molecule has 3 aromatic rings. The number of anilines is 1. The summed E-state index contributed by atoms with van der Waals surface area (Å²) in [5, 5.41) is 0.573. The van der Waals surface area contributed by atoms with Gasteiger partial charge in [0.05, 0.1) is 22.0 Å². The molecule has 0 saturated carbocycles. The lowest BCUT2D eigenvalue weighted by molar-refractivity contribution is -0.134. The number of aromatic amines is 1. The van der Waals surface area contributed by atoms with Crippen LogP contribution in [0.25, 0.3) is 22.4 Å². The molecule has 176 valence electrons. The normalized spacial score (nSPS) is 16.5. The predicted octanol–water partition coefficient (Wildman–Crippen LogP) is 4.65. The van der Waals surface area contributed by atoms with Gasteiger partial charge in [-0.25, -0.2) is 9.37 Å². The Morgan fingerprint density at radius 3 is 2.82 bits per heavy atom. The second-order valence-corrected chi connectivity index (χ2v) is 9.52. The number of halogens is 2. The third kappa shape index (κ3) is 5.47. The fraction of sp³-hybridized carbons (Fsp3) is 0.440. The molecule has 6 nitrogen and oxygen atoms in total. The average Bonchev–Trinajstić information content (AvgIpc) is 3.21. The molecule has 0 unspecified atom stereocenters. The van der Waals surface area contributed by atoms with Gasteiger partial charge in [-0.15, -0.1) is 0 Å². The van der Waals surface area contributed by atoms with Crippen LogP contribution in [0.3, 0.4) is 0 Å². The number of nitrogens with zero attached hydrogens (tertiary/aromatic N) is 4. The monoisotopic (exact) mass is 471 g/mol. The summed E-state index contributed by atoms with van der Waals surface area (Å²) in [6.45, 7) is 3.31. The van der Waals surface area contributed by atoms with E-state index in [-0.39, 0.29) is 17.6 Å². The number of carbonyl (C=O) groups is 1. The highest BCUT2D eigenvalue weighted by Crippen LogP contribution is 2.33. The Morgan fingerprint density at radius 2 is 2.03 bits per heavy atom. The topological polar surface area (TPSA) is 55.5 Å². The fourth-order valence-corrected chi connectivity index (χ4v) is 4.67. The molecule has 1 saturated heterocycles. The second kappa shape index (κ2) is 10.1. The highest BCUT2D eigenvalue weighted by molar-refractivity contribution is 6.33. The molecule has 2 heterocycles. The number of nitrogens with one attached hydrogen (secondary N) is 1. The van der Waals surface area contributed by atoms with Crippen LogP contribution in [0, 0.1) is 11.7 Å². The van der Waals surface area contributed by atoms with Gasteiger partial charge in [-0.05, 0) is 76.3 Å². The highest BCUT2D eigenvalue weighted by Gasteiger charge is 2.28. The molecule has 8 heteroatoms. The van der Waals surface area contributed by atoms with E-state index in [9.17, 15) is 9.18 Å². The standard InChI is InChI=1S/C25H31ClFN5O/c1-30(2)11-5-12-31(3)25(33)17-6-4-13-32(16-17)19-8-9-21(26)20(15-19)24-28-22-10-7-18(27)14-23(22)29-24/h7-10,14-15,17H,4-6,11-13,16H2,1-3H3,(H,28,29)/t17-/m1/s1. The molecule has 1 fully saturated rings. The van der Waals surface area contributed by atoms with E-state index in [2.05, 4.69) is 19.8 Å². The number of amides is 1. The summed E-state index contributed by atoms with van der Waals surface area (Å²) in [5.74, 6) is 0.490. The molecule has 1 aliphatic rings. The van der Waals surface area contributed by atoms with Crippen molar-refractivity contribution in [3.8, 4) is 11.4 Å². The van der Waals surface area contributed by atoms with Crippen LogP contribution < -0.4 is 4.90 Å². The van der Waals surface area contributed by atoms with Crippen molar-refractivity contribution in [2.24, 2.45) is 5.92 Å². The summed E-state index contributed by atoms with van der Waals surface area (Å²) in [4.78, 5) is 27.1. The van der Waals surface area contributed by atoms with Gasteiger partial charge < -0.3 is 19.7 Å². The number of H-pyrrole nitrogens is 1. The number of fused-ring (bicyclic) bond motifs is 1. The van der Waals surface area contributed by atoms with Gasteiger partial charge in [-0.3, -0.25) is 4.79 Å². The number of rotatable bonds is 7. The highest BCUT2D eigenvalue weighted by atomic mass is 35.5. The van der Waals surface area contributed by atoms with Crippen molar-refractivity contribution in [3.63, 3.8) is 0 Å². The van der Waals surface area contributed by atoms with E-state index in [1.165, 1.54) is 12.1 Å². The Labute approximate surface area is 199 Å². The zero-order valence-corrected chi connectivity index (χ0v) is 20.2. The number of hydrogen-bond acceptors (Lipinski definition) is 4. The van der Waals surface area contributed by atoms with E-state index in [1.54, 1.807) is 6.07 Å². The van der Waals surface area contributed by atoms with Crippen molar-refractivity contribution in [3.05, 3.63) is 47.2 Å².